The Morgan fingerprint density at radius 3 is 2.66 bits per heavy atom. The Kier molecular flexibility index (Phi) is 5.14. The van der Waals surface area contributed by atoms with E-state index in [-0.39, 0.29) is 11.6 Å². The third kappa shape index (κ3) is 3.68. The molecule has 0 saturated carbocycles. The van der Waals surface area contributed by atoms with E-state index in [0.717, 1.165) is 46.5 Å². The van der Waals surface area contributed by atoms with Gasteiger partial charge < -0.3 is 15.0 Å². The zero-order valence-corrected chi connectivity index (χ0v) is 19.2. The molecule has 0 spiro atoms. The molecule has 176 valence electrons. The molecule has 0 amide bonds. The Hall–Kier alpha value is -4.31. The predicted octanol–water partition coefficient (Wildman–Crippen LogP) is 2.95. The van der Waals surface area contributed by atoms with Gasteiger partial charge in [-0.15, -0.1) is 5.10 Å². The standard InChI is InChI=1S/C25H24N8O2/c1-31-8-5-17(12-23(31)34)16-3-2-4-18(11-16)21-13-20(24-25(26)27-15-29-33(21)24)22-14-28-30-32(22)19-6-9-35-10-7-19/h2-5,8,11-15,19H,6-7,9-10H2,1H3,(H2,26,27,29). The number of nitrogens with zero attached hydrogens (tertiary/aromatic N) is 7. The zero-order valence-electron chi connectivity index (χ0n) is 19.2. The molecule has 0 aliphatic carbocycles. The van der Waals surface area contributed by atoms with E-state index >= 15 is 0 Å². The van der Waals surface area contributed by atoms with Crippen LogP contribution in [0.5, 0.6) is 0 Å². The number of hydrogen-bond acceptors (Lipinski definition) is 7. The minimum absolute atomic E-state index is 0.0577. The Morgan fingerprint density at radius 2 is 1.83 bits per heavy atom. The van der Waals surface area contributed by atoms with Crippen LogP contribution in [0.3, 0.4) is 0 Å². The first-order valence-corrected chi connectivity index (χ1v) is 11.5. The number of nitrogen functional groups attached to an aromatic ring is 1. The van der Waals surface area contributed by atoms with Crippen LogP contribution in [-0.4, -0.2) is 47.4 Å². The van der Waals surface area contributed by atoms with Gasteiger partial charge in [0.2, 0.25) is 0 Å². The van der Waals surface area contributed by atoms with Crippen LogP contribution in [0.15, 0.2) is 66.0 Å². The Bertz CT molecular complexity index is 1590. The van der Waals surface area contributed by atoms with Gasteiger partial charge in [0.1, 0.15) is 11.8 Å². The minimum atomic E-state index is -0.0577. The van der Waals surface area contributed by atoms with Crippen molar-refractivity contribution in [2.75, 3.05) is 18.9 Å². The van der Waals surface area contributed by atoms with Crippen molar-refractivity contribution in [2.24, 2.45) is 7.05 Å². The molecule has 5 aromatic rings. The summed E-state index contributed by atoms with van der Waals surface area (Å²) < 4.78 is 10.9. The van der Waals surface area contributed by atoms with Gasteiger partial charge >= 0.3 is 0 Å². The fourth-order valence-electron chi connectivity index (χ4n) is 4.69. The topological polar surface area (TPSA) is 118 Å². The highest BCUT2D eigenvalue weighted by Crippen LogP contribution is 2.37. The van der Waals surface area contributed by atoms with Gasteiger partial charge in [-0.3, -0.25) is 4.79 Å². The number of fused-ring (bicyclic) bond motifs is 1. The summed E-state index contributed by atoms with van der Waals surface area (Å²) in [7, 11) is 1.74. The highest BCUT2D eigenvalue weighted by molar-refractivity contribution is 5.91. The van der Waals surface area contributed by atoms with E-state index in [1.165, 1.54) is 6.33 Å². The van der Waals surface area contributed by atoms with Crippen molar-refractivity contribution < 1.29 is 4.74 Å². The summed E-state index contributed by atoms with van der Waals surface area (Å²) in [6.07, 6.45) is 6.73. The number of anilines is 1. The van der Waals surface area contributed by atoms with Crippen molar-refractivity contribution in [1.29, 1.82) is 0 Å². The summed E-state index contributed by atoms with van der Waals surface area (Å²) in [5.41, 5.74) is 12.3. The number of ether oxygens (including phenoxy) is 1. The van der Waals surface area contributed by atoms with Crippen LogP contribution in [0.25, 0.3) is 39.2 Å². The van der Waals surface area contributed by atoms with Gasteiger partial charge in [0.05, 0.1) is 23.6 Å². The van der Waals surface area contributed by atoms with Gasteiger partial charge in [-0.05, 0) is 42.2 Å². The van der Waals surface area contributed by atoms with Crippen LogP contribution in [0, 0.1) is 0 Å². The van der Waals surface area contributed by atoms with Crippen LogP contribution in [-0.2, 0) is 11.8 Å². The second-order valence-electron chi connectivity index (χ2n) is 8.70. The van der Waals surface area contributed by atoms with Crippen LogP contribution in [0.1, 0.15) is 18.9 Å². The number of pyridine rings is 1. The van der Waals surface area contributed by atoms with E-state index in [1.807, 2.05) is 39.5 Å². The van der Waals surface area contributed by atoms with Crippen molar-refractivity contribution >= 4 is 11.3 Å². The van der Waals surface area contributed by atoms with Crippen LogP contribution >= 0.6 is 0 Å². The molecule has 6 rings (SSSR count). The monoisotopic (exact) mass is 468 g/mol. The van der Waals surface area contributed by atoms with Crippen molar-refractivity contribution in [3.63, 3.8) is 0 Å². The molecule has 1 fully saturated rings. The molecule has 0 radical (unpaired) electrons. The molecule has 10 nitrogen and oxygen atoms in total. The van der Waals surface area contributed by atoms with E-state index in [1.54, 1.807) is 30.1 Å². The third-order valence-corrected chi connectivity index (χ3v) is 6.57. The van der Waals surface area contributed by atoms with Gasteiger partial charge in [-0.25, -0.2) is 14.2 Å². The SMILES string of the molecule is Cn1ccc(-c2cccc(-c3cc(-c4cnnn4C4CCOCC4)c4c(N)ncnn34)c2)cc1=O. The molecule has 35 heavy (non-hydrogen) atoms. The maximum Gasteiger partial charge on any atom is 0.250 e. The summed E-state index contributed by atoms with van der Waals surface area (Å²) in [5, 5.41) is 13.1. The normalized spacial score (nSPS) is 14.5. The van der Waals surface area contributed by atoms with E-state index < -0.39 is 0 Å². The Morgan fingerprint density at radius 1 is 1.03 bits per heavy atom. The number of aryl methyl sites for hydroxylation is 1. The lowest BCUT2D eigenvalue weighted by Crippen LogP contribution is -2.21. The molecule has 2 N–H and O–H groups in total. The minimum Gasteiger partial charge on any atom is -0.382 e. The maximum atomic E-state index is 12.2. The molecule has 0 unspecified atom stereocenters. The van der Waals surface area contributed by atoms with Crippen LogP contribution < -0.4 is 11.3 Å². The Balaban J connectivity index is 1.51. The van der Waals surface area contributed by atoms with Gasteiger partial charge in [0.15, 0.2) is 5.82 Å². The van der Waals surface area contributed by atoms with E-state index in [4.69, 9.17) is 10.5 Å². The summed E-state index contributed by atoms with van der Waals surface area (Å²) in [6.45, 7) is 1.40. The van der Waals surface area contributed by atoms with Crippen molar-refractivity contribution in [1.82, 2.24) is 34.2 Å². The number of benzene rings is 1. The largest absolute Gasteiger partial charge is 0.382 e. The molecule has 1 aliphatic rings. The van der Waals surface area contributed by atoms with Gasteiger partial charge in [-0.2, -0.15) is 5.10 Å². The smallest absolute Gasteiger partial charge is 0.250 e. The molecule has 4 aromatic heterocycles. The zero-order chi connectivity index (χ0) is 23.9. The van der Waals surface area contributed by atoms with E-state index in [0.29, 0.717) is 24.5 Å². The fraction of sp³-hybridized carbons (Fsp3) is 0.240. The van der Waals surface area contributed by atoms with Crippen molar-refractivity contribution in [3.05, 3.63) is 71.5 Å². The molecule has 0 atom stereocenters. The summed E-state index contributed by atoms with van der Waals surface area (Å²) in [5.74, 6) is 0.378. The average molecular weight is 469 g/mol. The highest BCUT2D eigenvalue weighted by Gasteiger charge is 2.24. The molecule has 5 heterocycles. The van der Waals surface area contributed by atoms with Gasteiger partial charge in [0, 0.05) is 43.7 Å². The molecular weight excluding hydrogens is 444 g/mol. The van der Waals surface area contributed by atoms with E-state index in [2.05, 4.69) is 26.5 Å². The van der Waals surface area contributed by atoms with Crippen LogP contribution in [0.4, 0.5) is 5.82 Å². The molecule has 1 aliphatic heterocycles. The predicted molar refractivity (Wildman–Crippen MR) is 132 cm³/mol. The lowest BCUT2D eigenvalue weighted by molar-refractivity contribution is 0.0662. The van der Waals surface area contributed by atoms with E-state index in [9.17, 15) is 4.79 Å². The number of rotatable bonds is 4. The second kappa shape index (κ2) is 8.48. The molecule has 1 saturated heterocycles. The quantitative estimate of drug-likeness (QED) is 0.431. The van der Waals surface area contributed by atoms with Gasteiger partial charge in [0.25, 0.3) is 5.56 Å². The van der Waals surface area contributed by atoms with Crippen LogP contribution in [0.2, 0.25) is 0 Å². The van der Waals surface area contributed by atoms with Crippen molar-refractivity contribution in [2.45, 2.75) is 18.9 Å². The fourth-order valence-corrected chi connectivity index (χ4v) is 4.69. The second-order valence-corrected chi connectivity index (χ2v) is 8.70. The Labute approximate surface area is 200 Å². The summed E-state index contributed by atoms with van der Waals surface area (Å²) in [4.78, 5) is 16.4. The number of nitrogens with two attached hydrogens (primary N) is 1. The number of aromatic nitrogens is 7. The first-order chi connectivity index (χ1) is 17.1. The van der Waals surface area contributed by atoms with Crippen molar-refractivity contribution in [3.8, 4) is 33.6 Å². The van der Waals surface area contributed by atoms with Gasteiger partial charge in [-0.1, -0.05) is 23.4 Å². The summed E-state index contributed by atoms with van der Waals surface area (Å²) in [6, 6.07) is 13.9. The lowest BCUT2D eigenvalue weighted by Gasteiger charge is -2.23. The summed E-state index contributed by atoms with van der Waals surface area (Å²) >= 11 is 0. The number of hydrogen-bond donors (Lipinski definition) is 1. The average Bonchev–Trinajstić information content (AvgIpc) is 3.52. The highest BCUT2D eigenvalue weighted by atomic mass is 16.5. The third-order valence-electron chi connectivity index (χ3n) is 6.57. The molecule has 0 bridgehead atoms. The first-order valence-electron chi connectivity index (χ1n) is 11.5. The maximum absolute atomic E-state index is 12.2. The first kappa shape index (κ1) is 21.2. The molecular formula is C25H24N8O2. The molecule has 1 aromatic carbocycles. The molecule has 10 heteroatoms. The lowest BCUT2D eigenvalue weighted by atomic mass is 10.0.